The Labute approximate surface area is 156 Å². The van der Waals surface area contributed by atoms with Gasteiger partial charge in [-0.1, -0.05) is 72.9 Å². The van der Waals surface area contributed by atoms with E-state index >= 15 is 0 Å². The molecule has 0 bridgehead atoms. The van der Waals surface area contributed by atoms with E-state index in [9.17, 15) is 9.59 Å². The number of Topliss-reactive ketones (excluding diaryl/α,β-unsaturated/α-hetero) is 1. The smallest absolute Gasteiger partial charge is 0.226 e. The highest BCUT2D eigenvalue weighted by Crippen LogP contribution is 2.26. The van der Waals surface area contributed by atoms with Crippen molar-refractivity contribution < 1.29 is 9.59 Å². The zero-order valence-corrected chi connectivity index (χ0v) is 15.3. The van der Waals surface area contributed by atoms with E-state index in [1.54, 1.807) is 0 Å². The Balaban J connectivity index is 1.52. The molecule has 0 unspecified atom stereocenters. The zero-order chi connectivity index (χ0) is 18.4. The molecular weight excluding hydrogens is 346 g/mol. The van der Waals surface area contributed by atoms with Crippen LogP contribution < -0.4 is 5.32 Å². The number of carbonyl (C=O) groups is 2. The molecule has 6 heteroatoms. The van der Waals surface area contributed by atoms with E-state index in [2.05, 4.69) is 22.4 Å². The Morgan fingerprint density at radius 1 is 0.962 bits per heavy atom. The van der Waals surface area contributed by atoms with Gasteiger partial charge in [0.25, 0.3) is 0 Å². The maximum Gasteiger partial charge on any atom is 0.226 e. The second-order valence-corrected chi connectivity index (χ2v) is 6.78. The maximum absolute atomic E-state index is 12.2. The summed E-state index contributed by atoms with van der Waals surface area (Å²) in [6.45, 7) is 2.07. The number of ketones is 1. The highest BCUT2D eigenvalue weighted by molar-refractivity contribution is 7.18. The summed E-state index contributed by atoms with van der Waals surface area (Å²) < 4.78 is 0. The molecule has 0 aliphatic rings. The lowest BCUT2D eigenvalue weighted by molar-refractivity contribution is -0.116. The number of hydrogen-bond donors (Lipinski definition) is 1. The van der Waals surface area contributed by atoms with Crippen LogP contribution in [0.25, 0.3) is 10.6 Å². The van der Waals surface area contributed by atoms with Gasteiger partial charge >= 0.3 is 0 Å². The number of benzene rings is 2. The first-order valence-electron chi connectivity index (χ1n) is 8.46. The van der Waals surface area contributed by atoms with Crippen molar-refractivity contribution in [3.8, 4) is 10.6 Å². The summed E-state index contributed by atoms with van der Waals surface area (Å²) in [5.41, 5.74) is 2.78. The quantitative estimate of drug-likeness (QED) is 0.631. The number of nitrogens with one attached hydrogen (secondary N) is 1. The van der Waals surface area contributed by atoms with Crippen molar-refractivity contribution in [2.24, 2.45) is 0 Å². The lowest BCUT2D eigenvalue weighted by Gasteiger charge is -2.03. The minimum atomic E-state index is -0.237. The van der Waals surface area contributed by atoms with Crippen molar-refractivity contribution in [2.45, 2.75) is 26.2 Å². The van der Waals surface area contributed by atoms with Gasteiger partial charge in [0.15, 0.2) is 5.78 Å². The predicted octanol–water partition coefficient (Wildman–Crippen LogP) is 4.37. The van der Waals surface area contributed by atoms with Gasteiger partial charge in [-0.3, -0.25) is 9.59 Å². The SMILES string of the molecule is CCc1ccc(C(=O)CCC(=O)Nc2nnc(-c3ccccc3)s2)cc1. The van der Waals surface area contributed by atoms with Gasteiger partial charge in [0, 0.05) is 24.0 Å². The molecule has 0 aliphatic heterocycles. The molecule has 26 heavy (non-hydrogen) atoms. The number of nitrogens with zero attached hydrogens (tertiary/aromatic N) is 2. The van der Waals surface area contributed by atoms with Gasteiger partial charge in [0.1, 0.15) is 5.01 Å². The first-order valence-corrected chi connectivity index (χ1v) is 9.28. The first-order chi connectivity index (χ1) is 12.7. The van der Waals surface area contributed by atoms with Crippen molar-refractivity contribution >= 4 is 28.2 Å². The van der Waals surface area contributed by atoms with Crippen LogP contribution in [0, 0.1) is 0 Å². The average molecular weight is 365 g/mol. The van der Waals surface area contributed by atoms with E-state index in [1.807, 2.05) is 54.6 Å². The van der Waals surface area contributed by atoms with Crippen molar-refractivity contribution in [2.75, 3.05) is 5.32 Å². The second-order valence-electron chi connectivity index (χ2n) is 5.80. The Bertz CT molecular complexity index is 889. The van der Waals surface area contributed by atoms with Gasteiger partial charge < -0.3 is 5.32 Å². The molecule has 0 fully saturated rings. The summed E-state index contributed by atoms with van der Waals surface area (Å²) in [6.07, 6.45) is 1.22. The summed E-state index contributed by atoms with van der Waals surface area (Å²) in [4.78, 5) is 24.3. The average Bonchev–Trinajstić information content (AvgIpc) is 3.15. The summed E-state index contributed by atoms with van der Waals surface area (Å²) in [5.74, 6) is -0.274. The largest absolute Gasteiger partial charge is 0.301 e. The maximum atomic E-state index is 12.2. The van der Waals surface area contributed by atoms with Gasteiger partial charge in [0.05, 0.1) is 0 Å². The van der Waals surface area contributed by atoms with E-state index in [0.717, 1.165) is 17.0 Å². The molecule has 132 valence electrons. The Kier molecular flexibility index (Phi) is 5.86. The number of rotatable bonds is 7. The summed E-state index contributed by atoms with van der Waals surface area (Å²) in [6, 6.07) is 17.2. The van der Waals surface area contributed by atoms with Crippen LogP contribution >= 0.6 is 11.3 Å². The zero-order valence-electron chi connectivity index (χ0n) is 14.4. The van der Waals surface area contributed by atoms with Crippen LogP contribution in [0.3, 0.4) is 0 Å². The van der Waals surface area contributed by atoms with Crippen molar-refractivity contribution in [3.05, 3.63) is 65.7 Å². The normalized spacial score (nSPS) is 10.5. The van der Waals surface area contributed by atoms with Gasteiger partial charge in [-0.25, -0.2) is 0 Å². The minimum absolute atomic E-state index is 0.0370. The van der Waals surface area contributed by atoms with E-state index in [-0.39, 0.29) is 24.5 Å². The first kappa shape index (κ1) is 17.9. The number of anilines is 1. The molecule has 3 rings (SSSR count). The number of carbonyl (C=O) groups excluding carboxylic acids is 2. The van der Waals surface area contributed by atoms with Crippen LogP contribution in [0.5, 0.6) is 0 Å². The van der Waals surface area contributed by atoms with Gasteiger partial charge in [-0.2, -0.15) is 0 Å². The lowest BCUT2D eigenvalue weighted by atomic mass is 10.0. The van der Waals surface area contributed by atoms with Crippen molar-refractivity contribution in [3.63, 3.8) is 0 Å². The minimum Gasteiger partial charge on any atom is -0.301 e. The van der Waals surface area contributed by atoms with Crippen molar-refractivity contribution in [1.29, 1.82) is 0 Å². The van der Waals surface area contributed by atoms with Crippen LogP contribution in [0.2, 0.25) is 0 Å². The highest BCUT2D eigenvalue weighted by Gasteiger charge is 2.12. The second kappa shape index (κ2) is 8.49. The third kappa shape index (κ3) is 4.61. The molecule has 0 spiro atoms. The number of aromatic nitrogens is 2. The standard InChI is InChI=1S/C20H19N3O2S/c1-2-14-8-10-15(11-9-14)17(24)12-13-18(25)21-20-23-22-19(26-20)16-6-4-3-5-7-16/h3-11H,2,12-13H2,1H3,(H,21,23,25). The van der Waals surface area contributed by atoms with Crippen LogP contribution in [0.4, 0.5) is 5.13 Å². The number of hydrogen-bond acceptors (Lipinski definition) is 5. The summed E-state index contributed by atoms with van der Waals surface area (Å²) >= 11 is 1.31. The Morgan fingerprint density at radius 3 is 2.38 bits per heavy atom. The molecular formula is C20H19N3O2S. The van der Waals surface area contributed by atoms with E-state index in [4.69, 9.17) is 0 Å². The highest BCUT2D eigenvalue weighted by atomic mass is 32.1. The fourth-order valence-corrected chi connectivity index (χ4v) is 3.22. The molecule has 5 nitrogen and oxygen atoms in total. The van der Waals surface area contributed by atoms with Crippen LogP contribution in [0.15, 0.2) is 54.6 Å². The molecule has 2 aromatic carbocycles. The third-order valence-electron chi connectivity index (χ3n) is 3.96. The monoisotopic (exact) mass is 365 g/mol. The molecule has 1 amide bonds. The fourth-order valence-electron chi connectivity index (χ4n) is 2.45. The van der Waals surface area contributed by atoms with Gasteiger partial charge in [-0.15, -0.1) is 10.2 Å². The molecule has 3 aromatic rings. The van der Waals surface area contributed by atoms with Crippen LogP contribution in [0.1, 0.15) is 35.7 Å². The number of amides is 1. The predicted molar refractivity (Wildman–Crippen MR) is 103 cm³/mol. The molecule has 1 N–H and O–H groups in total. The lowest BCUT2D eigenvalue weighted by Crippen LogP contribution is -2.13. The fraction of sp³-hybridized carbons (Fsp3) is 0.200. The van der Waals surface area contributed by atoms with Gasteiger partial charge in [-0.05, 0) is 12.0 Å². The summed E-state index contributed by atoms with van der Waals surface area (Å²) in [5, 5.41) is 12.0. The Morgan fingerprint density at radius 2 is 1.69 bits per heavy atom. The third-order valence-corrected chi connectivity index (χ3v) is 4.84. The molecule has 0 aliphatic carbocycles. The molecule has 1 aromatic heterocycles. The molecule has 1 heterocycles. The van der Waals surface area contributed by atoms with Crippen LogP contribution in [-0.2, 0) is 11.2 Å². The van der Waals surface area contributed by atoms with E-state index < -0.39 is 0 Å². The van der Waals surface area contributed by atoms with E-state index in [0.29, 0.717) is 10.7 Å². The molecule has 0 atom stereocenters. The molecule has 0 saturated carbocycles. The topological polar surface area (TPSA) is 72.0 Å². The molecule has 0 saturated heterocycles. The molecule has 0 radical (unpaired) electrons. The van der Waals surface area contributed by atoms with Crippen LogP contribution in [-0.4, -0.2) is 21.9 Å². The van der Waals surface area contributed by atoms with E-state index in [1.165, 1.54) is 16.9 Å². The van der Waals surface area contributed by atoms with Gasteiger partial charge in [0.2, 0.25) is 11.0 Å². The number of aryl methyl sites for hydroxylation is 1. The Hall–Kier alpha value is -2.86. The van der Waals surface area contributed by atoms with Crippen molar-refractivity contribution in [1.82, 2.24) is 10.2 Å². The summed E-state index contributed by atoms with van der Waals surface area (Å²) in [7, 11) is 0.